The van der Waals surface area contributed by atoms with Crippen molar-refractivity contribution in [3.63, 3.8) is 0 Å². The van der Waals surface area contributed by atoms with E-state index in [1.165, 1.54) is 6.42 Å². The molecule has 1 heterocycles. The van der Waals surface area contributed by atoms with Crippen LogP contribution in [0.15, 0.2) is 0 Å². The second-order valence-electron chi connectivity index (χ2n) is 4.39. The SMILES string of the molecule is CCC(C)C1COC(CC)(CC)OC1. The van der Waals surface area contributed by atoms with Crippen molar-refractivity contribution < 1.29 is 9.47 Å². The molecule has 0 aliphatic carbocycles. The number of hydrogen-bond acceptors (Lipinski definition) is 2. The molecular weight excluding hydrogens is 176 g/mol. The highest BCUT2D eigenvalue weighted by Crippen LogP contribution is 2.31. The maximum absolute atomic E-state index is 5.88. The monoisotopic (exact) mass is 200 g/mol. The first-order valence-corrected chi connectivity index (χ1v) is 5.95. The first kappa shape index (κ1) is 12.0. The van der Waals surface area contributed by atoms with Crippen molar-refractivity contribution in [1.82, 2.24) is 0 Å². The van der Waals surface area contributed by atoms with Crippen molar-refractivity contribution in [2.24, 2.45) is 11.8 Å². The van der Waals surface area contributed by atoms with Crippen LogP contribution in [-0.2, 0) is 9.47 Å². The molecule has 2 heteroatoms. The second-order valence-corrected chi connectivity index (χ2v) is 4.39. The first-order chi connectivity index (χ1) is 6.67. The summed E-state index contributed by atoms with van der Waals surface area (Å²) in [6.45, 7) is 10.5. The van der Waals surface area contributed by atoms with Crippen LogP contribution in [0.4, 0.5) is 0 Å². The van der Waals surface area contributed by atoms with Crippen LogP contribution in [0, 0.1) is 11.8 Å². The minimum atomic E-state index is -0.274. The van der Waals surface area contributed by atoms with Gasteiger partial charge in [0.1, 0.15) is 0 Å². The minimum Gasteiger partial charge on any atom is -0.350 e. The molecule has 0 bridgehead atoms. The summed E-state index contributed by atoms with van der Waals surface area (Å²) in [5.74, 6) is 1.03. The van der Waals surface area contributed by atoms with Gasteiger partial charge in [-0.3, -0.25) is 0 Å². The maximum atomic E-state index is 5.88. The van der Waals surface area contributed by atoms with Gasteiger partial charge in [0, 0.05) is 5.92 Å². The van der Waals surface area contributed by atoms with Gasteiger partial charge in [0.15, 0.2) is 5.79 Å². The van der Waals surface area contributed by atoms with Gasteiger partial charge in [-0.2, -0.15) is 0 Å². The van der Waals surface area contributed by atoms with Gasteiger partial charge >= 0.3 is 0 Å². The van der Waals surface area contributed by atoms with E-state index in [9.17, 15) is 0 Å². The molecule has 0 N–H and O–H groups in total. The summed E-state index contributed by atoms with van der Waals surface area (Å²) in [5.41, 5.74) is 0. The fraction of sp³-hybridized carbons (Fsp3) is 1.00. The Hall–Kier alpha value is -0.0800. The lowest BCUT2D eigenvalue weighted by Crippen LogP contribution is -2.44. The predicted octanol–water partition coefficient (Wildman–Crippen LogP) is 3.21. The first-order valence-electron chi connectivity index (χ1n) is 5.95. The molecule has 0 spiro atoms. The number of ether oxygens (including phenoxy) is 2. The molecule has 84 valence electrons. The Balaban J connectivity index is 2.44. The van der Waals surface area contributed by atoms with Crippen LogP contribution in [0.25, 0.3) is 0 Å². The Kier molecular flexibility index (Phi) is 4.39. The van der Waals surface area contributed by atoms with E-state index >= 15 is 0 Å². The largest absolute Gasteiger partial charge is 0.350 e. The molecule has 0 radical (unpaired) electrons. The molecule has 0 aromatic carbocycles. The summed E-state index contributed by atoms with van der Waals surface area (Å²) >= 11 is 0. The van der Waals surface area contributed by atoms with Gasteiger partial charge in [-0.25, -0.2) is 0 Å². The molecule has 0 aromatic rings. The average Bonchev–Trinajstić information content (AvgIpc) is 2.28. The zero-order valence-electron chi connectivity index (χ0n) is 10.0. The maximum Gasteiger partial charge on any atom is 0.167 e. The normalized spacial score (nSPS) is 24.9. The standard InChI is InChI=1S/C12H24O2/c1-5-10(4)11-8-13-12(6-2,7-3)14-9-11/h10-11H,5-9H2,1-4H3. The summed E-state index contributed by atoms with van der Waals surface area (Å²) in [6.07, 6.45) is 3.12. The van der Waals surface area contributed by atoms with Gasteiger partial charge in [-0.05, 0) is 18.8 Å². The fourth-order valence-electron chi connectivity index (χ4n) is 1.93. The molecule has 14 heavy (non-hydrogen) atoms. The smallest absolute Gasteiger partial charge is 0.167 e. The van der Waals surface area contributed by atoms with Crippen LogP contribution >= 0.6 is 0 Å². The molecule has 1 atom stereocenters. The Bertz CT molecular complexity index is 154. The van der Waals surface area contributed by atoms with Crippen LogP contribution in [0.2, 0.25) is 0 Å². The van der Waals surface area contributed by atoms with Gasteiger partial charge in [-0.1, -0.05) is 34.1 Å². The van der Waals surface area contributed by atoms with Crippen LogP contribution in [-0.4, -0.2) is 19.0 Å². The molecule has 1 unspecified atom stereocenters. The predicted molar refractivity (Wildman–Crippen MR) is 58.2 cm³/mol. The van der Waals surface area contributed by atoms with E-state index in [0.717, 1.165) is 26.1 Å². The van der Waals surface area contributed by atoms with Crippen molar-refractivity contribution in [1.29, 1.82) is 0 Å². The lowest BCUT2D eigenvalue weighted by atomic mass is 9.92. The summed E-state index contributed by atoms with van der Waals surface area (Å²) < 4.78 is 11.8. The average molecular weight is 200 g/mol. The van der Waals surface area contributed by atoms with Crippen LogP contribution in [0.1, 0.15) is 47.0 Å². The van der Waals surface area contributed by atoms with Crippen LogP contribution in [0.5, 0.6) is 0 Å². The lowest BCUT2D eigenvalue weighted by Gasteiger charge is -2.40. The molecule has 0 aromatic heterocycles. The van der Waals surface area contributed by atoms with Gasteiger partial charge < -0.3 is 9.47 Å². The highest BCUT2D eigenvalue weighted by molar-refractivity contribution is 4.75. The van der Waals surface area contributed by atoms with Gasteiger partial charge in [-0.15, -0.1) is 0 Å². The molecule has 0 amide bonds. The summed E-state index contributed by atoms with van der Waals surface area (Å²) in [7, 11) is 0. The molecule has 2 nitrogen and oxygen atoms in total. The fourth-order valence-corrected chi connectivity index (χ4v) is 1.93. The molecule has 1 saturated heterocycles. The Labute approximate surface area is 88.0 Å². The summed E-state index contributed by atoms with van der Waals surface area (Å²) in [4.78, 5) is 0. The Morgan fingerprint density at radius 1 is 1.14 bits per heavy atom. The highest BCUT2D eigenvalue weighted by atomic mass is 16.7. The third kappa shape index (κ3) is 2.48. The highest BCUT2D eigenvalue weighted by Gasteiger charge is 2.35. The van der Waals surface area contributed by atoms with Crippen molar-refractivity contribution in [2.45, 2.75) is 52.7 Å². The summed E-state index contributed by atoms with van der Waals surface area (Å²) in [5, 5.41) is 0. The minimum absolute atomic E-state index is 0.274. The lowest BCUT2D eigenvalue weighted by molar-refractivity contribution is -0.290. The Morgan fingerprint density at radius 3 is 2.00 bits per heavy atom. The number of hydrogen-bond donors (Lipinski definition) is 0. The molecule has 1 fully saturated rings. The number of rotatable bonds is 4. The third-order valence-corrected chi connectivity index (χ3v) is 3.65. The van der Waals surface area contributed by atoms with E-state index in [0.29, 0.717) is 11.8 Å². The van der Waals surface area contributed by atoms with Crippen LogP contribution in [0.3, 0.4) is 0 Å². The van der Waals surface area contributed by atoms with Crippen molar-refractivity contribution >= 4 is 0 Å². The van der Waals surface area contributed by atoms with Gasteiger partial charge in [0.25, 0.3) is 0 Å². The van der Waals surface area contributed by atoms with E-state index in [4.69, 9.17) is 9.47 Å². The molecular formula is C12H24O2. The van der Waals surface area contributed by atoms with Crippen molar-refractivity contribution in [3.8, 4) is 0 Å². The summed E-state index contributed by atoms with van der Waals surface area (Å²) in [6, 6.07) is 0. The van der Waals surface area contributed by atoms with E-state index < -0.39 is 0 Å². The van der Waals surface area contributed by atoms with Crippen molar-refractivity contribution in [3.05, 3.63) is 0 Å². The van der Waals surface area contributed by atoms with Gasteiger partial charge in [0.2, 0.25) is 0 Å². The zero-order valence-corrected chi connectivity index (χ0v) is 10.0. The third-order valence-electron chi connectivity index (χ3n) is 3.65. The van der Waals surface area contributed by atoms with Gasteiger partial charge in [0.05, 0.1) is 13.2 Å². The topological polar surface area (TPSA) is 18.5 Å². The second kappa shape index (κ2) is 5.13. The molecule has 1 aliphatic heterocycles. The quantitative estimate of drug-likeness (QED) is 0.693. The molecule has 1 rings (SSSR count). The van der Waals surface area contributed by atoms with E-state index in [1.807, 2.05) is 0 Å². The van der Waals surface area contributed by atoms with E-state index in [-0.39, 0.29) is 5.79 Å². The van der Waals surface area contributed by atoms with E-state index in [2.05, 4.69) is 27.7 Å². The molecule has 1 aliphatic rings. The van der Waals surface area contributed by atoms with Crippen LogP contribution < -0.4 is 0 Å². The molecule has 0 saturated carbocycles. The van der Waals surface area contributed by atoms with Crippen molar-refractivity contribution in [2.75, 3.05) is 13.2 Å². The van der Waals surface area contributed by atoms with E-state index in [1.54, 1.807) is 0 Å². The Morgan fingerprint density at radius 2 is 1.64 bits per heavy atom. The zero-order chi connectivity index (χ0) is 10.6.